The minimum Gasteiger partial charge on any atom is -0.481 e. The largest absolute Gasteiger partial charge is 0.481 e. The molecule has 8 heterocycles. The van der Waals surface area contributed by atoms with Gasteiger partial charge in [-0.25, -0.2) is 39.9 Å². The molecule has 33 heteroatoms. The minimum absolute atomic E-state index is 0.0194. The van der Waals surface area contributed by atoms with Crippen molar-refractivity contribution in [1.82, 2.24) is 45.2 Å². The van der Waals surface area contributed by atoms with Crippen molar-refractivity contribution < 1.29 is 44.7 Å². The summed E-state index contributed by atoms with van der Waals surface area (Å²) in [6.45, 7) is 38.4. The Labute approximate surface area is 675 Å². The smallest absolute Gasteiger partial charge is 0.320 e. The molecular weight excluding hydrogens is 1500 g/mol. The SMILES string of the molecule is C=c1nc2c(c(=O)[nH]1)=Nc1cc(C)c(C)cc1N2CCCCCCC(=O)O.C=c1nc2c(c(=O)[nH]1)=Nc1cc(C)c(C)cc1N2CCNCC[C@@H](N)C(=O)O.C=c1nc2c(c(=O)[nH]1)=Nc1cc(C)c(NCC(C)(C)C)cc1N2CCCCCCC(=O)O.C=c1nc2c(c(=O)[nH]1)=Nc1cc(C)c(NCCO)cc1N2CCCCCCC(=O)O. The molecule has 1 atom stereocenters. The van der Waals surface area contributed by atoms with Crippen LogP contribution in [-0.2, 0) is 19.2 Å². The maximum Gasteiger partial charge on any atom is 0.320 e. The molecule has 4 aliphatic rings. The van der Waals surface area contributed by atoms with Gasteiger partial charge in [0.15, 0.2) is 44.7 Å². The summed E-state index contributed by atoms with van der Waals surface area (Å²) < 4.78 is 0. The fourth-order valence-electron chi connectivity index (χ4n) is 13.5. The number of nitrogens with two attached hydrogens (primary N) is 1. The van der Waals surface area contributed by atoms with Crippen molar-refractivity contribution in [3.8, 4) is 0 Å². The minimum atomic E-state index is -1.01. The van der Waals surface area contributed by atoms with Gasteiger partial charge >= 0.3 is 23.9 Å². The van der Waals surface area contributed by atoms with Crippen LogP contribution in [0.5, 0.6) is 0 Å². The maximum atomic E-state index is 12.6. The molecule has 0 aliphatic carbocycles. The summed E-state index contributed by atoms with van der Waals surface area (Å²) in [6.07, 6.45) is 10.6. The predicted molar refractivity (Wildman–Crippen MR) is 454 cm³/mol. The van der Waals surface area contributed by atoms with E-state index in [0.717, 1.165) is 143 Å². The van der Waals surface area contributed by atoms with Crippen LogP contribution in [0.2, 0.25) is 0 Å². The molecule has 0 amide bonds. The van der Waals surface area contributed by atoms with Crippen LogP contribution in [0, 0.1) is 47.0 Å². The second kappa shape index (κ2) is 40.3. The zero-order valence-corrected chi connectivity index (χ0v) is 68.1. The molecule has 0 saturated heterocycles. The summed E-state index contributed by atoms with van der Waals surface area (Å²) in [5, 5.41) is 55.3. The highest BCUT2D eigenvalue weighted by Crippen LogP contribution is 2.42. The number of hydrogen-bond acceptors (Lipinski definition) is 25. The summed E-state index contributed by atoms with van der Waals surface area (Å²) >= 11 is 0. The van der Waals surface area contributed by atoms with Gasteiger partial charge in [0.05, 0.1) is 52.1 Å². The fraction of sp³-hybridized carbons (Fsp3) is 0.429. The molecule has 33 nitrogen and oxygen atoms in total. The number of nitrogens with zero attached hydrogens (tertiary/aromatic N) is 12. The van der Waals surface area contributed by atoms with E-state index in [9.17, 15) is 38.4 Å². The first kappa shape index (κ1) is 88.6. The van der Waals surface area contributed by atoms with Crippen molar-refractivity contribution in [2.24, 2.45) is 31.1 Å². The highest BCUT2D eigenvalue weighted by atomic mass is 16.4. The van der Waals surface area contributed by atoms with Crippen LogP contribution in [0.3, 0.4) is 0 Å². The molecule has 4 aliphatic heterocycles. The molecule has 8 aromatic rings. The molecule has 14 N–H and O–H groups in total. The van der Waals surface area contributed by atoms with Crippen molar-refractivity contribution in [2.75, 3.05) is 89.2 Å². The topological polar surface area (TPSA) is 477 Å². The molecule has 12 rings (SSSR count). The third kappa shape index (κ3) is 23.7. The Balaban J connectivity index is 0.000000178. The molecule has 4 aromatic heterocycles. The number of anilines is 10. The van der Waals surface area contributed by atoms with E-state index >= 15 is 0 Å². The van der Waals surface area contributed by atoms with Crippen molar-refractivity contribution in [2.45, 2.75) is 171 Å². The van der Waals surface area contributed by atoms with Gasteiger partial charge in [-0.2, -0.15) is 0 Å². The zero-order valence-electron chi connectivity index (χ0n) is 68.1. The van der Waals surface area contributed by atoms with Gasteiger partial charge in [-0.05, 0) is 180 Å². The van der Waals surface area contributed by atoms with E-state index in [1.165, 1.54) is 0 Å². The number of aromatic amines is 4. The van der Waals surface area contributed by atoms with Gasteiger partial charge in [0.2, 0.25) is 0 Å². The van der Waals surface area contributed by atoms with Gasteiger partial charge in [-0.15, -0.1) is 0 Å². The number of nitrogens with one attached hydrogen (secondary N) is 7. The first-order valence-corrected chi connectivity index (χ1v) is 39.4. The summed E-state index contributed by atoms with van der Waals surface area (Å²) in [7, 11) is 0. The number of rotatable bonds is 33. The van der Waals surface area contributed by atoms with Gasteiger partial charge < -0.3 is 86.8 Å². The number of carbonyl (C=O) groups is 4. The Bertz CT molecular complexity index is 5780. The number of carboxylic acids is 4. The van der Waals surface area contributed by atoms with Crippen molar-refractivity contribution in [3.05, 3.63) is 167 Å². The lowest BCUT2D eigenvalue weighted by Crippen LogP contribution is -2.44. The number of benzene rings is 4. The quantitative estimate of drug-likeness (QED) is 0.0194. The van der Waals surface area contributed by atoms with E-state index in [1.807, 2.05) is 97.5 Å². The van der Waals surface area contributed by atoms with Crippen molar-refractivity contribution in [3.63, 3.8) is 0 Å². The van der Waals surface area contributed by atoms with Gasteiger partial charge in [0.25, 0.3) is 22.2 Å². The average Bonchev–Trinajstić information content (AvgIpc) is 0.773. The van der Waals surface area contributed by atoms with Gasteiger partial charge in [-0.1, -0.05) is 85.6 Å². The lowest BCUT2D eigenvalue weighted by Gasteiger charge is -2.29. The van der Waals surface area contributed by atoms with Crippen molar-refractivity contribution >= 4 is 130 Å². The monoisotopic (exact) mass is 1600 g/mol. The Morgan fingerprint density at radius 1 is 0.419 bits per heavy atom. The van der Waals surface area contributed by atoms with Crippen LogP contribution < -0.4 is 107 Å². The lowest BCUT2D eigenvalue weighted by molar-refractivity contribution is -0.139. The second-order valence-electron chi connectivity index (χ2n) is 30.7. The fourth-order valence-corrected chi connectivity index (χ4v) is 13.5. The van der Waals surface area contributed by atoms with E-state index in [1.54, 1.807) is 0 Å². The predicted octanol–water partition coefficient (Wildman–Crippen LogP) is 6.54. The molecule has 622 valence electrons. The molecule has 0 fully saturated rings. The Morgan fingerprint density at radius 2 is 0.718 bits per heavy atom. The first-order valence-electron chi connectivity index (χ1n) is 39.4. The third-order valence-electron chi connectivity index (χ3n) is 19.9. The van der Waals surface area contributed by atoms with E-state index < -0.39 is 29.9 Å². The number of aromatic nitrogens is 8. The van der Waals surface area contributed by atoms with E-state index in [-0.39, 0.29) is 75.2 Å². The number of unbranched alkanes of at least 4 members (excludes halogenated alkanes) is 9. The van der Waals surface area contributed by atoms with Crippen molar-refractivity contribution in [1.29, 1.82) is 0 Å². The first-order chi connectivity index (χ1) is 55.6. The average molecular weight is 1610 g/mol. The van der Waals surface area contributed by atoms with Crippen LogP contribution in [0.25, 0.3) is 26.3 Å². The normalized spacial score (nSPS) is 12.6. The van der Waals surface area contributed by atoms with Gasteiger partial charge in [0.1, 0.15) is 28.0 Å². The Morgan fingerprint density at radius 3 is 1.03 bits per heavy atom. The number of hydrogen-bond donors (Lipinski definition) is 13. The highest BCUT2D eigenvalue weighted by Gasteiger charge is 2.29. The van der Waals surface area contributed by atoms with Crippen LogP contribution in [0.4, 0.5) is 80.1 Å². The van der Waals surface area contributed by atoms with Gasteiger partial charge in [-0.3, -0.25) is 38.4 Å². The number of fused-ring (bicyclic) bond motifs is 8. The zero-order chi connectivity index (χ0) is 85.1. The van der Waals surface area contributed by atoms with E-state index in [0.29, 0.717) is 128 Å². The van der Waals surface area contributed by atoms with Gasteiger partial charge in [0, 0.05) is 76.5 Å². The number of aliphatic carboxylic acids is 4. The van der Waals surface area contributed by atoms with Crippen LogP contribution in [-0.4, -0.2) is 154 Å². The molecule has 0 unspecified atom stereocenters. The lowest BCUT2D eigenvalue weighted by atomic mass is 9.96. The molecule has 0 radical (unpaired) electrons. The van der Waals surface area contributed by atoms with E-state index in [4.69, 9.17) is 31.3 Å². The molecule has 0 spiro atoms. The number of aliphatic hydroxyl groups excluding tert-OH is 1. The highest BCUT2D eigenvalue weighted by molar-refractivity contribution is 5.83. The van der Waals surface area contributed by atoms with Crippen LogP contribution in [0.1, 0.15) is 157 Å². The third-order valence-corrected chi connectivity index (χ3v) is 19.9. The maximum absolute atomic E-state index is 12.6. The summed E-state index contributed by atoms with van der Waals surface area (Å²) in [6, 6.07) is 15.1. The molecular formula is C84H108N20O13. The molecule has 4 aromatic carbocycles. The number of aliphatic hydroxyl groups is 1. The number of carboxylic acid groups (broad SMARTS) is 4. The Hall–Kier alpha value is -12.4. The number of aryl methyl sites for hydroxylation is 6. The summed E-state index contributed by atoms with van der Waals surface area (Å²) in [5.41, 5.74) is 20.4. The van der Waals surface area contributed by atoms with E-state index in [2.05, 4.69) is 135 Å². The van der Waals surface area contributed by atoms with Crippen LogP contribution >= 0.6 is 0 Å². The second-order valence-corrected chi connectivity index (χ2v) is 30.7. The summed E-state index contributed by atoms with van der Waals surface area (Å²) in [5.74, 6) is -1.32. The summed E-state index contributed by atoms with van der Waals surface area (Å²) in [4.78, 5) is 147. The Kier molecular flexibility index (Phi) is 30.5. The molecule has 0 bridgehead atoms. The molecule has 0 saturated carbocycles. The molecule has 117 heavy (non-hydrogen) atoms. The van der Waals surface area contributed by atoms with Crippen LogP contribution in [0.15, 0.2) is 87.7 Å². The standard InChI is InChI=1S/C24H33N5O3.C21H27N5O4.C20H24N4O3.C19H24N6O3/c1-15-12-18-19(13-17(15)25-14-24(3,4)5)29(11-9-7-6-8-10-20(30)31)22-21(28-18)23(32)27-16(2)26-22;1-13-11-16-17(12-15(13)22-8-10-27)26(9-6-4-3-5-7-18(28)29)20-19(25-16)21(30)24-14(2)23-20;1-12-10-15-16(11-13(12)2)24(9-7-5-4-6-8-17(25)26)19-18(23-15)20(27)22-14(3)21-19;1-10-8-14-15(9-11(10)2)25(7-6-21-5-4-13(20)19(27)28)17-16(24-14)18(26)23-12(3)22-17/h12-13,25H,2,6-11,14H2,1,3-5H3,(H,27,32)(H,30,31);11-12,22,27H,2-10H2,1H3,(H,24,30)(H,28,29);10-11H,3-9H2,1-2H3,(H,22,27)(H,25,26);8-9,13,21H,3-7,20H2,1-2H3,(H,23,26)(H,27,28)/t;;;13-/m...1/s1. The number of H-pyrrole nitrogens is 4.